The molecule has 1 heterocycles. The minimum absolute atomic E-state index is 0.0315. The molecular weight excluding hydrogens is 230 g/mol. The Balaban J connectivity index is 2.41. The van der Waals surface area contributed by atoms with E-state index in [0.717, 1.165) is 25.2 Å². The number of rotatable bonds is 7. The summed E-state index contributed by atoms with van der Waals surface area (Å²) in [5, 5.41) is 0.180. The van der Waals surface area contributed by atoms with E-state index < -0.39 is 0 Å². The van der Waals surface area contributed by atoms with E-state index in [0.29, 0.717) is 11.3 Å². The third-order valence-electron chi connectivity index (χ3n) is 4.89. The van der Waals surface area contributed by atoms with Crippen LogP contribution in [0.15, 0.2) is 0 Å². The molecule has 0 spiro atoms. The highest BCUT2D eigenvalue weighted by molar-refractivity contribution is 8.01. The number of nitrogens with two attached hydrogens (primary N) is 1. The van der Waals surface area contributed by atoms with Gasteiger partial charge in [0.1, 0.15) is 5.60 Å². The van der Waals surface area contributed by atoms with Crippen molar-refractivity contribution < 1.29 is 4.74 Å². The summed E-state index contributed by atoms with van der Waals surface area (Å²) in [6.07, 6.45) is 3.39. The second kappa shape index (κ2) is 5.94. The van der Waals surface area contributed by atoms with Crippen LogP contribution in [0.5, 0.6) is 0 Å². The predicted octanol–water partition coefficient (Wildman–Crippen LogP) is 3.65. The molecule has 3 atom stereocenters. The molecule has 102 valence electrons. The molecule has 2 nitrogen and oxygen atoms in total. The van der Waals surface area contributed by atoms with Gasteiger partial charge in [0.05, 0.1) is 5.37 Å². The maximum atomic E-state index is 6.13. The van der Waals surface area contributed by atoms with Gasteiger partial charge < -0.3 is 10.5 Å². The Labute approximate surface area is 111 Å². The van der Waals surface area contributed by atoms with E-state index in [-0.39, 0.29) is 11.0 Å². The predicted molar refractivity (Wildman–Crippen MR) is 77.3 cm³/mol. The Kier molecular flexibility index (Phi) is 5.36. The number of hydrogen-bond acceptors (Lipinski definition) is 3. The first-order valence-electron chi connectivity index (χ1n) is 6.91. The summed E-state index contributed by atoms with van der Waals surface area (Å²) in [6.45, 7) is 12.3. The highest BCUT2D eigenvalue weighted by Crippen LogP contribution is 2.42. The standard InChI is InChI=1S/C14H29NOS/c1-6-13(5,11(3)4)8-9-16-14(7-2)10-17-12(14)15/h11-12H,6-10,15H2,1-5H3. The summed E-state index contributed by atoms with van der Waals surface area (Å²) < 4.78 is 6.13. The molecule has 0 saturated carbocycles. The minimum atomic E-state index is -0.0315. The average Bonchev–Trinajstić information content (AvgIpc) is 2.32. The van der Waals surface area contributed by atoms with Crippen molar-refractivity contribution in [2.75, 3.05) is 12.4 Å². The van der Waals surface area contributed by atoms with E-state index >= 15 is 0 Å². The Bertz CT molecular complexity index is 228. The summed E-state index contributed by atoms with van der Waals surface area (Å²) in [5.41, 5.74) is 6.42. The molecule has 2 N–H and O–H groups in total. The molecule has 1 rings (SSSR count). The van der Waals surface area contributed by atoms with Crippen molar-refractivity contribution in [1.29, 1.82) is 0 Å². The van der Waals surface area contributed by atoms with Crippen LogP contribution in [-0.4, -0.2) is 23.3 Å². The molecule has 3 heteroatoms. The van der Waals surface area contributed by atoms with Crippen LogP contribution >= 0.6 is 11.8 Å². The van der Waals surface area contributed by atoms with E-state index in [1.807, 2.05) is 11.8 Å². The molecule has 1 saturated heterocycles. The largest absolute Gasteiger partial charge is 0.372 e. The van der Waals surface area contributed by atoms with Gasteiger partial charge in [-0.25, -0.2) is 0 Å². The maximum absolute atomic E-state index is 6.13. The third kappa shape index (κ3) is 3.18. The Morgan fingerprint density at radius 1 is 1.47 bits per heavy atom. The molecule has 17 heavy (non-hydrogen) atoms. The number of ether oxygens (including phenoxy) is 1. The first-order valence-corrected chi connectivity index (χ1v) is 7.96. The van der Waals surface area contributed by atoms with Crippen molar-refractivity contribution in [3.05, 3.63) is 0 Å². The molecule has 0 aliphatic carbocycles. The second-order valence-electron chi connectivity index (χ2n) is 5.91. The molecule has 1 fully saturated rings. The topological polar surface area (TPSA) is 35.2 Å². The lowest BCUT2D eigenvalue weighted by molar-refractivity contribution is -0.0560. The van der Waals surface area contributed by atoms with Gasteiger partial charge in [-0.3, -0.25) is 0 Å². The SMILES string of the molecule is CCC(C)(CCOC1(CC)CSC1N)C(C)C. The highest BCUT2D eigenvalue weighted by Gasteiger charge is 2.45. The van der Waals surface area contributed by atoms with Gasteiger partial charge in [0.15, 0.2) is 0 Å². The molecule has 0 radical (unpaired) electrons. The Hall–Kier alpha value is 0.270. The molecule has 0 aromatic carbocycles. The lowest BCUT2D eigenvalue weighted by atomic mass is 9.74. The summed E-state index contributed by atoms with van der Waals surface area (Å²) in [7, 11) is 0. The zero-order valence-electron chi connectivity index (χ0n) is 12.1. The van der Waals surface area contributed by atoms with Crippen molar-refractivity contribution in [2.45, 2.75) is 64.9 Å². The van der Waals surface area contributed by atoms with Gasteiger partial charge in [-0.2, -0.15) is 0 Å². The van der Waals surface area contributed by atoms with Gasteiger partial charge in [0.2, 0.25) is 0 Å². The number of thioether (sulfide) groups is 1. The van der Waals surface area contributed by atoms with Gasteiger partial charge in [-0.1, -0.05) is 41.0 Å². The quantitative estimate of drug-likeness (QED) is 0.758. The van der Waals surface area contributed by atoms with Crippen LogP contribution in [0.2, 0.25) is 0 Å². The van der Waals surface area contributed by atoms with Crippen LogP contribution in [0.25, 0.3) is 0 Å². The molecule has 0 aromatic rings. The van der Waals surface area contributed by atoms with Crippen molar-refractivity contribution in [2.24, 2.45) is 17.1 Å². The van der Waals surface area contributed by atoms with Crippen molar-refractivity contribution in [3.8, 4) is 0 Å². The van der Waals surface area contributed by atoms with Crippen LogP contribution in [0.4, 0.5) is 0 Å². The lowest BCUT2D eigenvalue weighted by Gasteiger charge is -2.46. The van der Waals surface area contributed by atoms with Crippen LogP contribution < -0.4 is 5.73 Å². The minimum Gasteiger partial charge on any atom is -0.372 e. The lowest BCUT2D eigenvalue weighted by Crippen LogP contribution is -2.58. The van der Waals surface area contributed by atoms with Gasteiger partial charge in [-0.15, -0.1) is 11.8 Å². The Morgan fingerprint density at radius 2 is 2.12 bits per heavy atom. The monoisotopic (exact) mass is 259 g/mol. The van der Waals surface area contributed by atoms with E-state index in [1.54, 1.807) is 0 Å². The summed E-state index contributed by atoms with van der Waals surface area (Å²) in [4.78, 5) is 0. The van der Waals surface area contributed by atoms with Gasteiger partial charge in [0.25, 0.3) is 0 Å². The number of hydrogen-bond donors (Lipinski definition) is 1. The Morgan fingerprint density at radius 3 is 2.41 bits per heavy atom. The van der Waals surface area contributed by atoms with E-state index in [9.17, 15) is 0 Å². The third-order valence-corrected chi connectivity index (χ3v) is 6.33. The maximum Gasteiger partial charge on any atom is 0.101 e. The zero-order valence-corrected chi connectivity index (χ0v) is 12.9. The molecule has 1 aliphatic heterocycles. The van der Waals surface area contributed by atoms with Gasteiger partial charge in [0, 0.05) is 12.4 Å². The fourth-order valence-corrected chi connectivity index (χ4v) is 3.51. The van der Waals surface area contributed by atoms with Crippen molar-refractivity contribution in [1.82, 2.24) is 0 Å². The summed E-state index contributed by atoms with van der Waals surface area (Å²) >= 11 is 1.81. The smallest absolute Gasteiger partial charge is 0.101 e. The second-order valence-corrected chi connectivity index (χ2v) is 7.04. The first kappa shape index (κ1) is 15.3. The van der Waals surface area contributed by atoms with E-state index in [4.69, 9.17) is 10.5 Å². The first-order chi connectivity index (χ1) is 7.90. The fourth-order valence-electron chi connectivity index (χ4n) is 2.26. The fraction of sp³-hybridized carbons (Fsp3) is 1.00. The molecular formula is C14H29NOS. The van der Waals surface area contributed by atoms with Crippen molar-refractivity contribution in [3.63, 3.8) is 0 Å². The van der Waals surface area contributed by atoms with Crippen LogP contribution in [0.3, 0.4) is 0 Å². The molecule has 3 unspecified atom stereocenters. The average molecular weight is 259 g/mol. The van der Waals surface area contributed by atoms with Gasteiger partial charge >= 0.3 is 0 Å². The summed E-state index contributed by atoms with van der Waals surface area (Å²) in [5.74, 6) is 1.77. The van der Waals surface area contributed by atoms with Crippen LogP contribution in [0, 0.1) is 11.3 Å². The highest BCUT2D eigenvalue weighted by atomic mass is 32.2. The molecule has 1 aliphatic rings. The van der Waals surface area contributed by atoms with Crippen LogP contribution in [0.1, 0.15) is 53.9 Å². The van der Waals surface area contributed by atoms with Crippen molar-refractivity contribution >= 4 is 11.8 Å². The van der Waals surface area contributed by atoms with Crippen LogP contribution in [-0.2, 0) is 4.74 Å². The van der Waals surface area contributed by atoms with Gasteiger partial charge in [-0.05, 0) is 24.2 Å². The zero-order chi connectivity index (χ0) is 13.1. The molecule has 0 aromatic heterocycles. The normalized spacial score (nSPS) is 32.3. The van der Waals surface area contributed by atoms with E-state index in [1.165, 1.54) is 6.42 Å². The molecule has 0 bridgehead atoms. The van der Waals surface area contributed by atoms with E-state index in [2.05, 4.69) is 34.6 Å². The molecule has 0 amide bonds. The summed E-state index contributed by atoms with van der Waals surface area (Å²) in [6, 6.07) is 0.